The highest BCUT2D eigenvalue weighted by atomic mass is 16.6. The first-order chi connectivity index (χ1) is 11.1. The number of carbonyl (C=O) groups excluding carboxylic acids is 1. The largest absolute Gasteiger partial charge is 0.468 e. The Morgan fingerprint density at radius 3 is 2.48 bits per heavy atom. The molecule has 1 unspecified atom stereocenters. The summed E-state index contributed by atoms with van der Waals surface area (Å²) >= 11 is 0. The smallest absolute Gasteiger partial charge is 0.319 e. The Balaban J connectivity index is 2.07. The molecule has 116 valence electrons. The summed E-state index contributed by atoms with van der Waals surface area (Å²) in [6.45, 7) is 0. The van der Waals surface area contributed by atoms with Gasteiger partial charge in [0.1, 0.15) is 5.92 Å². The molecule has 1 heterocycles. The van der Waals surface area contributed by atoms with E-state index < -0.39 is 16.8 Å². The van der Waals surface area contributed by atoms with E-state index in [1.54, 1.807) is 12.1 Å². The van der Waals surface area contributed by atoms with Crippen molar-refractivity contribution >= 4 is 22.6 Å². The second-order valence-electron chi connectivity index (χ2n) is 5.12. The number of nitrogens with zero attached hydrogens (tertiary/aromatic N) is 1. The fraction of sp³-hybridized carbons (Fsp3) is 0.118. The van der Waals surface area contributed by atoms with Gasteiger partial charge >= 0.3 is 5.97 Å². The SMILES string of the molecule is COC(=O)C(c1ccc([N+](=O)[O-])cc1)c1cc2ccccc2[nH]1. The van der Waals surface area contributed by atoms with Crippen molar-refractivity contribution in [1.29, 1.82) is 0 Å². The third-order valence-electron chi connectivity index (χ3n) is 3.74. The second kappa shape index (κ2) is 5.92. The lowest BCUT2D eigenvalue weighted by Gasteiger charge is -2.13. The molecular formula is C17H14N2O4. The fourth-order valence-corrected chi connectivity index (χ4v) is 2.60. The predicted molar refractivity (Wildman–Crippen MR) is 85.3 cm³/mol. The van der Waals surface area contributed by atoms with E-state index in [0.29, 0.717) is 11.3 Å². The van der Waals surface area contributed by atoms with Crippen molar-refractivity contribution in [2.45, 2.75) is 5.92 Å². The van der Waals surface area contributed by atoms with E-state index in [0.717, 1.165) is 10.9 Å². The molecule has 23 heavy (non-hydrogen) atoms. The minimum absolute atomic E-state index is 0.0194. The molecular weight excluding hydrogens is 296 g/mol. The topological polar surface area (TPSA) is 85.2 Å². The van der Waals surface area contributed by atoms with Gasteiger partial charge in [-0.25, -0.2) is 0 Å². The predicted octanol–water partition coefficient (Wildman–Crippen LogP) is 3.38. The van der Waals surface area contributed by atoms with Gasteiger partial charge in [-0.05, 0) is 23.1 Å². The third kappa shape index (κ3) is 2.78. The first-order valence-corrected chi connectivity index (χ1v) is 7.00. The van der Waals surface area contributed by atoms with Crippen LogP contribution in [0.2, 0.25) is 0 Å². The number of H-pyrrole nitrogens is 1. The van der Waals surface area contributed by atoms with Crippen LogP contribution < -0.4 is 0 Å². The normalized spacial score (nSPS) is 12.0. The highest BCUT2D eigenvalue weighted by Gasteiger charge is 2.26. The van der Waals surface area contributed by atoms with Crippen LogP contribution in [0.4, 0.5) is 5.69 Å². The number of hydrogen-bond donors (Lipinski definition) is 1. The number of nitro benzene ring substituents is 1. The van der Waals surface area contributed by atoms with Gasteiger partial charge in [0, 0.05) is 23.3 Å². The molecule has 3 rings (SSSR count). The Hall–Kier alpha value is -3.15. The van der Waals surface area contributed by atoms with Gasteiger partial charge in [0.2, 0.25) is 0 Å². The van der Waals surface area contributed by atoms with Gasteiger partial charge in [0.05, 0.1) is 12.0 Å². The molecule has 1 N–H and O–H groups in total. The molecule has 0 aliphatic carbocycles. The van der Waals surface area contributed by atoms with Crippen LogP contribution in [0, 0.1) is 10.1 Å². The van der Waals surface area contributed by atoms with E-state index in [4.69, 9.17) is 4.74 Å². The lowest BCUT2D eigenvalue weighted by molar-refractivity contribution is -0.384. The van der Waals surface area contributed by atoms with Crippen LogP contribution in [0.15, 0.2) is 54.6 Å². The zero-order chi connectivity index (χ0) is 16.4. The Bertz CT molecular complexity index is 835. The van der Waals surface area contributed by atoms with E-state index in [9.17, 15) is 14.9 Å². The summed E-state index contributed by atoms with van der Waals surface area (Å²) in [6, 6.07) is 15.5. The van der Waals surface area contributed by atoms with Crippen LogP contribution in [0.3, 0.4) is 0 Å². The second-order valence-corrected chi connectivity index (χ2v) is 5.12. The van der Waals surface area contributed by atoms with E-state index in [-0.39, 0.29) is 5.69 Å². The van der Waals surface area contributed by atoms with Gasteiger partial charge < -0.3 is 9.72 Å². The van der Waals surface area contributed by atoms with Crippen molar-refractivity contribution in [3.05, 3.63) is 76.0 Å². The molecule has 2 aromatic carbocycles. The molecule has 0 amide bonds. The Labute approximate surface area is 131 Å². The Kier molecular flexibility index (Phi) is 3.80. The molecule has 6 heteroatoms. The van der Waals surface area contributed by atoms with E-state index in [1.807, 2.05) is 30.3 Å². The lowest BCUT2D eigenvalue weighted by Crippen LogP contribution is -2.16. The van der Waals surface area contributed by atoms with Crippen LogP contribution in [-0.4, -0.2) is 23.0 Å². The molecule has 0 fully saturated rings. The molecule has 1 atom stereocenters. The van der Waals surface area contributed by atoms with Crippen molar-refractivity contribution in [2.75, 3.05) is 7.11 Å². The van der Waals surface area contributed by atoms with Gasteiger partial charge in [0.25, 0.3) is 5.69 Å². The van der Waals surface area contributed by atoms with Gasteiger partial charge in [-0.1, -0.05) is 30.3 Å². The standard InChI is InChI=1S/C17H14N2O4/c1-23-17(20)16(11-6-8-13(9-7-11)19(21)22)15-10-12-4-2-3-5-14(12)18-15/h2-10,16,18H,1H3. The molecule has 0 saturated carbocycles. The number of nitro groups is 1. The van der Waals surface area contributed by atoms with Gasteiger partial charge in [-0.3, -0.25) is 14.9 Å². The average Bonchev–Trinajstić information content (AvgIpc) is 2.98. The quantitative estimate of drug-likeness (QED) is 0.455. The summed E-state index contributed by atoms with van der Waals surface area (Å²) in [7, 11) is 1.32. The number of aromatic nitrogens is 1. The number of methoxy groups -OCH3 is 1. The van der Waals surface area contributed by atoms with Gasteiger partial charge in [-0.15, -0.1) is 0 Å². The lowest BCUT2D eigenvalue weighted by atomic mass is 9.95. The maximum absolute atomic E-state index is 12.2. The van der Waals surface area contributed by atoms with E-state index in [1.165, 1.54) is 19.2 Å². The van der Waals surface area contributed by atoms with Crippen LogP contribution in [-0.2, 0) is 9.53 Å². The fourth-order valence-electron chi connectivity index (χ4n) is 2.60. The monoisotopic (exact) mass is 310 g/mol. The third-order valence-corrected chi connectivity index (χ3v) is 3.74. The number of fused-ring (bicyclic) bond motifs is 1. The summed E-state index contributed by atoms with van der Waals surface area (Å²) in [4.78, 5) is 25.7. The molecule has 3 aromatic rings. The van der Waals surface area contributed by atoms with Crippen LogP contribution >= 0.6 is 0 Å². The van der Waals surface area contributed by atoms with Crippen LogP contribution in [0.5, 0.6) is 0 Å². The number of nitrogens with one attached hydrogen (secondary N) is 1. The highest BCUT2D eigenvalue weighted by molar-refractivity contribution is 5.86. The number of non-ortho nitro benzene ring substituents is 1. The van der Waals surface area contributed by atoms with Crippen molar-refractivity contribution in [3.8, 4) is 0 Å². The number of carbonyl (C=O) groups is 1. The number of ether oxygens (including phenoxy) is 1. The zero-order valence-electron chi connectivity index (χ0n) is 12.4. The number of esters is 1. The first-order valence-electron chi connectivity index (χ1n) is 7.00. The molecule has 0 bridgehead atoms. The van der Waals surface area contributed by atoms with Crippen LogP contribution in [0.1, 0.15) is 17.2 Å². The summed E-state index contributed by atoms with van der Waals surface area (Å²) < 4.78 is 4.90. The molecule has 0 aliphatic rings. The number of para-hydroxylation sites is 1. The number of rotatable bonds is 4. The summed E-state index contributed by atoms with van der Waals surface area (Å²) in [5, 5.41) is 11.8. The average molecular weight is 310 g/mol. The first kappa shape index (κ1) is 14.8. The molecule has 6 nitrogen and oxygen atoms in total. The van der Waals surface area contributed by atoms with Gasteiger partial charge in [-0.2, -0.15) is 0 Å². The molecule has 1 aromatic heterocycles. The minimum atomic E-state index is -0.659. The Morgan fingerprint density at radius 1 is 1.17 bits per heavy atom. The zero-order valence-corrected chi connectivity index (χ0v) is 12.4. The molecule has 0 aliphatic heterocycles. The summed E-state index contributed by atoms with van der Waals surface area (Å²) in [5.41, 5.74) is 2.22. The van der Waals surface area contributed by atoms with Crippen molar-refractivity contribution in [3.63, 3.8) is 0 Å². The highest BCUT2D eigenvalue weighted by Crippen LogP contribution is 2.29. The van der Waals surface area contributed by atoms with Gasteiger partial charge in [0.15, 0.2) is 0 Å². The summed E-state index contributed by atoms with van der Waals surface area (Å²) in [6.07, 6.45) is 0. The van der Waals surface area contributed by atoms with E-state index in [2.05, 4.69) is 4.98 Å². The summed E-state index contributed by atoms with van der Waals surface area (Å²) in [5.74, 6) is -1.08. The Morgan fingerprint density at radius 2 is 1.87 bits per heavy atom. The number of benzene rings is 2. The van der Waals surface area contributed by atoms with E-state index >= 15 is 0 Å². The van der Waals surface area contributed by atoms with Crippen molar-refractivity contribution in [1.82, 2.24) is 4.98 Å². The van der Waals surface area contributed by atoms with Crippen molar-refractivity contribution < 1.29 is 14.5 Å². The van der Waals surface area contributed by atoms with Crippen LogP contribution in [0.25, 0.3) is 10.9 Å². The number of aromatic amines is 1. The maximum Gasteiger partial charge on any atom is 0.319 e. The molecule has 0 saturated heterocycles. The van der Waals surface area contributed by atoms with Crippen molar-refractivity contribution in [2.24, 2.45) is 0 Å². The maximum atomic E-state index is 12.2. The molecule has 0 radical (unpaired) electrons. The molecule has 0 spiro atoms. The number of hydrogen-bond acceptors (Lipinski definition) is 4. The minimum Gasteiger partial charge on any atom is -0.468 e.